The van der Waals surface area contributed by atoms with Crippen molar-refractivity contribution in [2.75, 3.05) is 32.4 Å². The van der Waals surface area contributed by atoms with Crippen LogP contribution in [0.5, 0.6) is 0 Å². The van der Waals surface area contributed by atoms with E-state index in [9.17, 15) is 22.8 Å². The molecule has 1 aliphatic rings. The Kier molecular flexibility index (Phi) is 5.90. The van der Waals surface area contributed by atoms with Crippen LogP contribution in [-0.2, 0) is 19.6 Å². The van der Waals surface area contributed by atoms with Crippen molar-refractivity contribution in [2.24, 2.45) is 0 Å². The summed E-state index contributed by atoms with van der Waals surface area (Å²) < 4.78 is 23.9. The molecule has 1 aliphatic heterocycles. The van der Waals surface area contributed by atoms with Gasteiger partial charge in [0.05, 0.1) is 6.26 Å². The molecule has 1 rings (SSSR count). The Balaban J connectivity index is 2.41. The molecule has 1 fully saturated rings. The second-order valence-corrected chi connectivity index (χ2v) is 6.37. The molecule has 4 N–H and O–H groups in total. The van der Waals surface area contributed by atoms with Crippen molar-refractivity contribution in [3.05, 3.63) is 0 Å². The van der Waals surface area contributed by atoms with Gasteiger partial charge in [-0.25, -0.2) is 22.7 Å². The number of carboxylic acid groups (broad SMARTS) is 1. The Hall–Kier alpha value is -1.88. The van der Waals surface area contributed by atoms with E-state index in [1.165, 1.54) is 0 Å². The summed E-state index contributed by atoms with van der Waals surface area (Å²) in [5.41, 5.74) is 0. The van der Waals surface area contributed by atoms with Crippen molar-refractivity contribution in [1.29, 1.82) is 0 Å². The number of hydrogen-bond acceptors (Lipinski definition) is 5. The summed E-state index contributed by atoms with van der Waals surface area (Å²) in [5, 5.41) is 13.8. The molecule has 3 amide bonds. The molecule has 10 nitrogen and oxygen atoms in total. The molecule has 0 aromatic rings. The monoisotopic (exact) mass is 322 g/mol. The maximum Gasteiger partial charge on any atom is 0.328 e. The third-order valence-electron chi connectivity index (χ3n) is 2.72. The first-order valence-corrected chi connectivity index (χ1v) is 8.08. The lowest BCUT2D eigenvalue weighted by molar-refractivity contribution is -0.144. The molecule has 21 heavy (non-hydrogen) atoms. The van der Waals surface area contributed by atoms with Crippen LogP contribution in [0.25, 0.3) is 0 Å². The lowest BCUT2D eigenvalue weighted by Crippen LogP contribution is -2.61. The minimum atomic E-state index is -3.28. The van der Waals surface area contributed by atoms with Gasteiger partial charge in [-0.05, 0) is 6.42 Å². The number of aliphatic carboxylic acids is 1. The van der Waals surface area contributed by atoms with E-state index in [1.807, 2.05) is 0 Å². The number of carbonyl (C=O) groups excluding carboxylic acids is 2. The number of rotatable bonds is 6. The predicted molar refractivity (Wildman–Crippen MR) is 72.0 cm³/mol. The third kappa shape index (κ3) is 5.95. The van der Waals surface area contributed by atoms with Gasteiger partial charge >= 0.3 is 12.0 Å². The number of sulfonamides is 1. The summed E-state index contributed by atoms with van der Waals surface area (Å²) >= 11 is 0. The fourth-order valence-corrected chi connectivity index (χ4v) is 2.23. The summed E-state index contributed by atoms with van der Waals surface area (Å²) in [7, 11) is -3.28. The average molecular weight is 322 g/mol. The molecule has 0 aliphatic carbocycles. The normalized spacial score (nSPS) is 19.0. The van der Waals surface area contributed by atoms with Crippen molar-refractivity contribution in [1.82, 2.24) is 20.3 Å². The van der Waals surface area contributed by atoms with Gasteiger partial charge in [0.15, 0.2) is 0 Å². The molecule has 1 atom stereocenters. The highest BCUT2D eigenvalue weighted by Gasteiger charge is 2.34. The Morgan fingerprint density at radius 1 is 1.43 bits per heavy atom. The number of nitrogens with one attached hydrogen (secondary N) is 3. The van der Waals surface area contributed by atoms with Gasteiger partial charge in [-0.2, -0.15) is 0 Å². The predicted octanol–water partition coefficient (Wildman–Crippen LogP) is -2.48. The average Bonchev–Trinajstić information content (AvgIpc) is 2.36. The second-order valence-electron chi connectivity index (χ2n) is 4.54. The van der Waals surface area contributed by atoms with Gasteiger partial charge in [-0.3, -0.25) is 9.69 Å². The largest absolute Gasteiger partial charge is 0.480 e. The number of nitrogens with zero attached hydrogens (tertiary/aromatic N) is 1. The summed E-state index contributed by atoms with van der Waals surface area (Å²) in [6.07, 6.45) is 1.37. The van der Waals surface area contributed by atoms with Crippen molar-refractivity contribution < 1.29 is 27.9 Å². The zero-order valence-electron chi connectivity index (χ0n) is 11.5. The molecule has 0 radical (unpaired) electrons. The molecule has 0 spiro atoms. The quantitative estimate of drug-likeness (QED) is 0.398. The van der Waals surface area contributed by atoms with E-state index >= 15 is 0 Å². The number of hydrogen-bond donors (Lipinski definition) is 4. The number of carbonyl (C=O) groups is 3. The van der Waals surface area contributed by atoms with Crippen LogP contribution in [0.4, 0.5) is 4.79 Å². The highest BCUT2D eigenvalue weighted by Crippen LogP contribution is 2.04. The molecular weight excluding hydrogens is 304 g/mol. The third-order valence-corrected chi connectivity index (χ3v) is 3.45. The standard InChI is InChI=1S/C10H18N4O6S/c1-21(19,20)13-4-2-3-11-10(18)14-6-8(15)12-5-7(14)9(16)17/h7,13H,2-6H2,1H3,(H,11,18)(H,12,15)(H,16,17). The van der Waals surface area contributed by atoms with Crippen LogP contribution in [-0.4, -0.2) is 74.8 Å². The van der Waals surface area contributed by atoms with Gasteiger partial charge in [-0.1, -0.05) is 0 Å². The zero-order chi connectivity index (χ0) is 16.0. The first-order valence-electron chi connectivity index (χ1n) is 6.19. The van der Waals surface area contributed by atoms with Gasteiger partial charge in [0.25, 0.3) is 0 Å². The lowest BCUT2D eigenvalue weighted by atomic mass is 10.2. The summed E-state index contributed by atoms with van der Waals surface area (Å²) in [5.74, 6) is -1.63. The molecule has 0 aromatic heterocycles. The smallest absolute Gasteiger partial charge is 0.328 e. The topological polar surface area (TPSA) is 145 Å². The van der Waals surface area contributed by atoms with Gasteiger partial charge in [-0.15, -0.1) is 0 Å². The zero-order valence-corrected chi connectivity index (χ0v) is 12.3. The first-order chi connectivity index (χ1) is 9.70. The van der Waals surface area contributed by atoms with E-state index in [2.05, 4.69) is 15.4 Å². The van der Waals surface area contributed by atoms with Crippen molar-refractivity contribution in [2.45, 2.75) is 12.5 Å². The van der Waals surface area contributed by atoms with Crippen LogP contribution in [0.15, 0.2) is 0 Å². The first kappa shape index (κ1) is 17.2. The minimum Gasteiger partial charge on any atom is -0.480 e. The molecule has 0 saturated carbocycles. The number of urea groups is 1. The summed E-state index contributed by atoms with van der Waals surface area (Å²) in [6.45, 7) is -0.157. The van der Waals surface area contributed by atoms with Crippen molar-refractivity contribution in [3.63, 3.8) is 0 Å². The van der Waals surface area contributed by atoms with Gasteiger partial charge in [0.2, 0.25) is 15.9 Å². The summed E-state index contributed by atoms with van der Waals surface area (Å²) in [6, 6.07) is -1.78. The second kappa shape index (κ2) is 7.22. The minimum absolute atomic E-state index is 0.142. The molecule has 1 heterocycles. The fraction of sp³-hybridized carbons (Fsp3) is 0.700. The number of amides is 3. The SMILES string of the molecule is CS(=O)(=O)NCCCNC(=O)N1CC(=O)NCC1C(=O)O. The van der Waals surface area contributed by atoms with Crippen LogP contribution in [0.1, 0.15) is 6.42 Å². The van der Waals surface area contributed by atoms with E-state index in [-0.39, 0.29) is 26.2 Å². The van der Waals surface area contributed by atoms with E-state index in [0.717, 1.165) is 11.2 Å². The Bertz CT molecular complexity index is 520. The molecule has 1 unspecified atom stereocenters. The van der Waals surface area contributed by atoms with E-state index in [0.29, 0.717) is 6.42 Å². The van der Waals surface area contributed by atoms with E-state index in [4.69, 9.17) is 5.11 Å². The van der Waals surface area contributed by atoms with Gasteiger partial charge < -0.3 is 15.7 Å². The molecule has 1 saturated heterocycles. The van der Waals surface area contributed by atoms with Gasteiger partial charge in [0, 0.05) is 19.6 Å². The Labute approximate surface area is 121 Å². The van der Waals surface area contributed by atoms with Crippen LogP contribution in [0.2, 0.25) is 0 Å². The molecule has 0 aromatic carbocycles. The van der Waals surface area contributed by atoms with Crippen molar-refractivity contribution >= 4 is 27.9 Å². The number of piperazine rings is 1. The van der Waals surface area contributed by atoms with Crippen LogP contribution in [0.3, 0.4) is 0 Å². The van der Waals surface area contributed by atoms with Crippen LogP contribution >= 0.6 is 0 Å². The van der Waals surface area contributed by atoms with E-state index in [1.54, 1.807) is 0 Å². The van der Waals surface area contributed by atoms with Gasteiger partial charge in [0.1, 0.15) is 12.6 Å². The maximum absolute atomic E-state index is 11.9. The molecule has 11 heteroatoms. The Morgan fingerprint density at radius 3 is 2.67 bits per heavy atom. The lowest BCUT2D eigenvalue weighted by Gasteiger charge is -2.32. The van der Waals surface area contributed by atoms with Crippen LogP contribution in [0, 0.1) is 0 Å². The van der Waals surface area contributed by atoms with E-state index < -0.39 is 34.0 Å². The highest BCUT2D eigenvalue weighted by atomic mass is 32.2. The molecular formula is C10H18N4O6S. The fourth-order valence-electron chi connectivity index (χ4n) is 1.72. The highest BCUT2D eigenvalue weighted by molar-refractivity contribution is 7.88. The van der Waals surface area contributed by atoms with Crippen LogP contribution < -0.4 is 15.4 Å². The van der Waals surface area contributed by atoms with Crippen molar-refractivity contribution in [3.8, 4) is 0 Å². The number of carboxylic acids is 1. The maximum atomic E-state index is 11.9. The summed E-state index contributed by atoms with van der Waals surface area (Å²) in [4.78, 5) is 35.0. The molecule has 0 bridgehead atoms. The Morgan fingerprint density at radius 2 is 2.10 bits per heavy atom. The molecule has 120 valence electrons.